The summed E-state index contributed by atoms with van der Waals surface area (Å²) in [6.07, 6.45) is 3.65. The van der Waals surface area contributed by atoms with Crippen LogP contribution in [-0.2, 0) is 19.7 Å². The van der Waals surface area contributed by atoms with Gasteiger partial charge in [0.25, 0.3) is 5.91 Å². The van der Waals surface area contributed by atoms with Crippen molar-refractivity contribution in [2.45, 2.75) is 40.5 Å². The number of ether oxygens (including phenoxy) is 1. The van der Waals surface area contributed by atoms with E-state index in [4.69, 9.17) is 9.15 Å². The molecule has 0 aliphatic rings. The summed E-state index contributed by atoms with van der Waals surface area (Å²) in [5.74, 6) is 1.40. The first-order valence-corrected chi connectivity index (χ1v) is 8.63. The zero-order chi connectivity index (χ0) is 18.5. The van der Waals surface area contributed by atoms with Crippen LogP contribution in [-0.4, -0.2) is 15.7 Å². The third-order valence-corrected chi connectivity index (χ3v) is 4.21. The molecule has 6 nitrogen and oxygen atoms in total. The van der Waals surface area contributed by atoms with Gasteiger partial charge in [-0.15, -0.1) is 0 Å². The van der Waals surface area contributed by atoms with Gasteiger partial charge in [-0.25, -0.2) is 0 Å². The van der Waals surface area contributed by atoms with E-state index in [-0.39, 0.29) is 18.3 Å². The highest BCUT2D eigenvalue weighted by Crippen LogP contribution is 2.18. The number of amides is 1. The van der Waals surface area contributed by atoms with E-state index in [1.807, 2.05) is 42.9 Å². The number of aryl methyl sites for hydroxylation is 3. The minimum absolute atomic E-state index is 0.258. The normalized spacial score (nSPS) is 10.7. The number of aromatic nitrogens is 2. The van der Waals surface area contributed by atoms with Gasteiger partial charge in [-0.1, -0.05) is 6.07 Å². The lowest BCUT2D eigenvalue weighted by atomic mass is 10.1. The molecular formula is C20H23N3O3. The first-order chi connectivity index (χ1) is 12.5. The Morgan fingerprint density at radius 3 is 2.81 bits per heavy atom. The highest BCUT2D eigenvalue weighted by molar-refractivity contribution is 5.91. The molecule has 2 heterocycles. The predicted octanol–water partition coefficient (Wildman–Crippen LogP) is 3.62. The van der Waals surface area contributed by atoms with Crippen LogP contribution in [0.2, 0.25) is 0 Å². The standard InChI is InChI=1S/C20H23N3O3/c1-4-23-12-16(11-22-23)10-21-20(24)19-8-7-18(26-19)13-25-17-6-5-14(2)15(3)9-17/h5-9,11-12H,4,10,13H2,1-3H3,(H,21,24). The molecule has 136 valence electrons. The second-order valence-electron chi connectivity index (χ2n) is 6.19. The molecule has 0 aliphatic heterocycles. The van der Waals surface area contributed by atoms with E-state index >= 15 is 0 Å². The van der Waals surface area contributed by atoms with Gasteiger partial charge >= 0.3 is 0 Å². The first kappa shape index (κ1) is 17.8. The van der Waals surface area contributed by atoms with Crippen LogP contribution >= 0.6 is 0 Å². The number of carbonyl (C=O) groups is 1. The van der Waals surface area contributed by atoms with Crippen LogP contribution in [0.25, 0.3) is 0 Å². The number of furan rings is 1. The third-order valence-electron chi connectivity index (χ3n) is 4.21. The lowest BCUT2D eigenvalue weighted by Gasteiger charge is -2.07. The number of hydrogen-bond acceptors (Lipinski definition) is 4. The molecule has 3 rings (SSSR count). The van der Waals surface area contributed by atoms with Gasteiger partial charge in [0.1, 0.15) is 18.1 Å². The van der Waals surface area contributed by atoms with Crippen LogP contribution in [0.3, 0.4) is 0 Å². The molecular weight excluding hydrogens is 330 g/mol. The maximum Gasteiger partial charge on any atom is 0.287 e. The SMILES string of the molecule is CCn1cc(CNC(=O)c2ccc(COc3ccc(C)c(C)c3)o2)cn1. The second-order valence-corrected chi connectivity index (χ2v) is 6.19. The van der Waals surface area contributed by atoms with Crippen molar-refractivity contribution in [3.63, 3.8) is 0 Å². The van der Waals surface area contributed by atoms with Crippen molar-refractivity contribution in [2.75, 3.05) is 0 Å². The Morgan fingerprint density at radius 1 is 1.23 bits per heavy atom. The van der Waals surface area contributed by atoms with Gasteiger partial charge in [-0.05, 0) is 56.2 Å². The van der Waals surface area contributed by atoms with Gasteiger partial charge in [0.05, 0.1) is 6.20 Å². The fourth-order valence-corrected chi connectivity index (χ4v) is 2.48. The average Bonchev–Trinajstić information content (AvgIpc) is 3.30. The smallest absolute Gasteiger partial charge is 0.287 e. The lowest BCUT2D eigenvalue weighted by molar-refractivity contribution is 0.0919. The maximum atomic E-state index is 12.2. The molecule has 0 aliphatic carbocycles. The maximum absolute atomic E-state index is 12.2. The molecule has 1 amide bonds. The number of carbonyl (C=O) groups excluding carboxylic acids is 1. The third kappa shape index (κ3) is 4.33. The summed E-state index contributed by atoms with van der Waals surface area (Å²) >= 11 is 0. The first-order valence-electron chi connectivity index (χ1n) is 8.63. The van der Waals surface area contributed by atoms with Crippen molar-refractivity contribution < 1.29 is 13.9 Å². The Labute approximate surface area is 152 Å². The van der Waals surface area contributed by atoms with Crippen LogP contribution in [0.5, 0.6) is 5.75 Å². The largest absolute Gasteiger partial charge is 0.486 e. The van der Waals surface area contributed by atoms with Gasteiger partial charge in [-0.2, -0.15) is 5.10 Å². The molecule has 1 aromatic carbocycles. The van der Waals surface area contributed by atoms with Crippen molar-refractivity contribution in [3.8, 4) is 5.75 Å². The molecule has 0 radical (unpaired) electrons. The van der Waals surface area contributed by atoms with Gasteiger partial charge < -0.3 is 14.5 Å². The highest BCUT2D eigenvalue weighted by atomic mass is 16.5. The van der Waals surface area contributed by atoms with Crippen molar-refractivity contribution >= 4 is 5.91 Å². The summed E-state index contributed by atoms with van der Waals surface area (Å²) in [4.78, 5) is 12.2. The van der Waals surface area contributed by atoms with Crippen molar-refractivity contribution in [3.05, 3.63) is 70.9 Å². The molecule has 0 bridgehead atoms. The molecule has 0 atom stereocenters. The van der Waals surface area contributed by atoms with E-state index in [9.17, 15) is 4.79 Å². The quantitative estimate of drug-likeness (QED) is 0.704. The van der Waals surface area contributed by atoms with Crippen molar-refractivity contribution in [1.29, 1.82) is 0 Å². The topological polar surface area (TPSA) is 69.3 Å². The highest BCUT2D eigenvalue weighted by Gasteiger charge is 2.12. The van der Waals surface area contributed by atoms with Gasteiger partial charge in [-0.3, -0.25) is 9.48 Å². The Morgan fingerprint density at radius 2 is 2.08 bits per heavy atom. The van der Waals surface area contributed by atoms with Gasteiger partial charge in [0, 0.05) is 24.8 Å². The monoisotopic (exact) mass is 353 g/mol. The van der Waals surface area contributed by atoms with Crippen LogP contribution in [0.15, 0.2) is 47.1 Å². The molecule has 2 aromatic heterocycles. The molecule has 1 N–H and O–H groups in total. The average molecular weight is 353 g/mol. The predicted molar refractivity (Wildman–Crippen MR) is 98.0 cm³/mol. The number of benzene rings is 1. The van der Waals surface area contributed by atoms with E-state index in [1.165, 1.54) is 11.1 Å². The summed E-state index contributed by atoms with van der Waals surface area (Å²) in [7, 11) is 0. The van der Waals surface area contributed by atoms with Crippen molar-refractivity contribution in [2.24, 2.45) is 0 Å². The Kier molecular flexibility index (Phi) is 5.41. The van der Waals surface area contributed by atoms with Crippen LogP contribution in [0.1, 0.15) is 39.9 Å². The molecule has 0 saturated heterocycles. The molecule has 0 unspecified atom stereocenters. The molecule has 0 spiro atoms. The second kappa shape index (κ2) is 7.91. The molecule has 6 heteroatoms. The molecule has 3 aromatic rings. The number of nitrogens with zero attached hydrogens (tertiary/aromatic N) is 2. The van der Waals surface area contributed by atoms with Crippen molar-refractivity contribution in [1.82, 2.24) is 15.1 Å². The van der Waals surface area contributed by atoms with E-state index in [0.29, 0.717) is 12.3 Å². The number of nitrogens with one attached hydrogen (secondary N) is 1. The summed E-state index contributed by atoms with van der Waals surface area (Å²) in [6, 6.07) is 9.35. The van der Waals surface area contributed by atoms with Crippen LogP contribution in [0, 0.1) is 13.8 Å². The number of hydrogen-bond donors (Lipinski definition) is 1. The fourth-order valence-electron chi connectivity index (χ4n) is 2.48. The zero-order valence-electron chi connectivity index (χ0n) is 15.3. The Hall–Kier alpha value is -3.02. The Balaban J connectivity index is 1.53. The summed E-state index contributed by atoms with van der Waals surface area (Å²) < 4.78 is 13.1. The van der Waals surface area contributed by atoms with Gasteiger partial charge in [0.15, 0.2) is 5.76 Å². The van der Waals surface area contributed by atoms with E-state index < -0.39 is 0 Å². The Bertz CT molecular complexity index is 895. The van der Waals surface area contributed by atoms with Gasteiger partial charge in [0.2, 0.25) is 0 Å². The minimum Gasteiger partial charge on any atom is -0.486 e. The zero-order valence-corrected chi connectivity index (χ0v) is 15.3. The molecule has 26 heavy (non-hydrogen) atoms. The van der Waals surface area contributed by atoms with Crippen LogP contribution in [0.4, 0.5) is 0 Å². The lowest BCUT2D eigenvalue weighted by Crippen LogP contribution is -2.22. The summed E-state index contributed by atoms with van der Waals surface area (Å²) in [5.41, 5.74) is 3.34. The molecule has 0 saturated carbocycles. The van der Waals surface area contributed by atoms with E-state index in [2.05, 4.69) is 17.3 Å². The molecule has 0 fully saturated rings. The summed E-state index contributed by atoms with van der Waals surface area (Å²) in [6.45, 7) is 7.61. The minimum atomic E-state index is -0.258. The van der Waals surface area contributed by atoms with Crippen LogP contribution < -0.4 is 10.1 Å². The van der Waals surface area contributed by atoms with E-state index in [0.717, 1.165) is 17.9 Å². The van der Waals surface area contributed by atoms with E-state index in [1.54, 1.807) is 18.3 Å². The number of rotatable bonds is 7. The summed E-state index contributed by atoms with van der Waals surface area (Å²) in [5, 5.41) is 7.01. The fraction of sp³-hybridized carbons (Fsp3) is 0.300.